The molecule has 2 amide bonds. The molecule has 0 atom stereocenters. The molecule has 1 heterocycles. The summed E-state index contributed by atoms with van der Waals surface area (Å²) < 4.78 is 0. The monoisotopic (exact) mass is 380 g/mol. The molecular formula is C18H25ClN4OS. The van der Waals surface area contributed by atoms with Crippen LogP contribution in [0.2, 0.25) is 5.02 Å². The van der Waals surface area contributed by atoms with E-state index in [0.29, 0.717) is 21.8 Å². The first kappa shape index (κ1) is 19.7. The Balaban J connectivity index is 1.85. The highest BCUT2D eigenvalue weighted by molar-refractivity contribution is 7.13. The molecule has 7 heteroatoms. The van der Waals surface area contributed by atoms with Crippen molar-refractivity contribution in [1.82, 2.24) is 9.88 Å². The molecular weight excluding hydrogens is 356 g/mol. The smallest absolute Gasteiger partial charge is 0.308 e. The first-order valence-corrected chi connectivity index (χ1v) is 9.56. The van der Waals surface area contributed by atoms with Crippen LogP contribution in [0.25, 0.3) is 0 Å². The maximum Gasteiger partial charge on any atom is 0.325 e. The summed E-state index contributed by atoms with van der Waals surface area (Å²) in [7, 11) is 2.09. The van der Waals surface area contributed by atoms with Crippen LogP contribution in [0.15, 0.2) is 23.6 Å². The number of hydrogen-bond acceptors (Lipinski definition) is 4. The number of carbonyl (C=O) groups is 1. The number of amides is 2. The predicted molar refractivity (Wildman–Crippen MR) is 107 cm³/mol. The van der Waals surface area contributed by atoms with Crippen LogP contribution in [0.4, 0.5) is 15.6 Å². The highest BCUT2D eigenvalue weighted by Crippen LogP contribution is 2.21. The molecule has 136 valence electrons. The number of aromatic nitrogens is 1. The molecule has 0 saturated carbocycles. The van der Waals surface area contributed by atoms with E-state index in [9.17, 15) is 4.79 Å². The minimum Gasteiger partial charge on any atom is -0.308 e. The lowest BCUT2D eigenvalue weighted by molar-refractivity contribution is 0.262. The average Bonchev–Trinajstić information content (AvgIpc) is 2.95. The van der Waals surface area contributed by atoms with Gasteiger partial charge in [-0.1, -0.05) is 31.5 Å². The zero-order valence-electron chi connectivity index (χ0n) is 15.1. The first-order chi connectivity index (χ1) is 11.8. The Hall–Kier alpha value is -1.63. The molecule has 2 N–H and O–H groups in total. The second-order valence-corrected chi connectivity index (χ2v) is 7.87. The summed E-state index contributed by atoms with van der Waals surface area (Å²) >= 11 is 7.49. The first-order valence-electron chi connectivity index (χ1n) is 8.30. The van der Waals surface area contributed by atoms with E-state index in [2.05, 4.69) is 41.4 Å². The standard InChI is InChI=1S/C18H25ClN4OS/c1-12(2)7-8-23(4)10-15-11-25-18(21-15)22-17(24)20-14-6-5-13(3)16(19)9-14/h5-6,9,11-12H,7-8,10H2,1-4H3,(H2,20,21,22,24). The largest absolute Gasteiger partial charge is 0.325 e. The topological polar surface area (TPSA) is 57.3 Å². The minimum atomic E-state index is -0.325. The summed E-state index contributed by atoms with van der Waals surface area (Å²) in [6, 6.07) is 5.09. The molecule has 0 radical (unpaired) electrons. The van der Waals surface area contributed by atoms with Crippen LogP contribution in [-0.2, 0) is 6.54 Å². The van der Waals surface area contributed by atoms with Gasteiger partial charge in [0.15, 0.2) is 5.13 Å². The number of aryl methyl sites for hydroxylation is 1. The van der Waals surface area contributed by atoms with Crippen molar-refractivity contribution in [3.05, 3.63) is 39.9 Å². The van der Waals surface area contributed by atoms with E-state index in [0.717, 1.165) is 30.8 Å². The molecule has 25 heavy (non-hydrogen) atoms. The fourth-order valence-corrected chi connectivity index (χ4v) is 3.08. The van der Waals surface area contributed by atoms with Gasteiger partial charge in [-0.05, 0) is 50.6 Å². The van der Waals surface area contributed by atoms with Crippen molar-refractivity contribution in [3.63, 3.8) is 0 Å². The number of hydrogen-bond donors (Lipinski definition) is 2. The van der Waals surface area contributed by atoms with Crippen molar-refractivity contribution in [2.45, 2.75) is 33.7 Å². The molecule has 5 nitrogen and oxygen atoms in total. The quantitative estimate of drug-likeness (QED) is 0.691. The number of carbonyl (C=O) groups excluding carboxylic acids is 1. The number of urea groups is 1. The van der Waals surface area contributed by atoms with Crippen LogP contribution in [0.3, 0.4) is 0 Å². The molecule has 1 aromatic carbocycles. The van der Waals surface area contributed by atoms with E-state index in [-0.39, 0.29) is 6.03 Å². The zero-order chi connectivity index (χ0) is 18.4. The van der Waals surface area contributed by atoms with Gasteiger partial charge >= 0.3 is 6.03 Å². The fraction of sp³-hybridized carbons (Fsp3) is 0.444. The van der Waals surface area contributed by atoms with Crippen molar-refractivity contribution in [2.24, 2.45) is 5.92 Å². The Labute approximate surface area is 158 Å². The molecule has 0 unspecified atom stereocenters. The van der Waals surface area contributed by atoms with Crippen LogP contribution in [-0.4, -0.2) is 29.5 Å². The van der Waals surface area contributed by atoms with Gasteiger partial charge in [-0.3, -0.25) is 5.32 Å². The second-order valence-electron chi connectivity index (χ2n) is 6.61. The third-order valence-electron chi connectivity index (χ3n) is 3.72. The predicted octanol–water partition coefficient (Wildman–Crippen LogP) is 5.23. The van der Waals surface area contributed by atoms with E-state index in [1.807, 2.05) is 24.4 Å². The maximum atomic E-state index is 12.1. The van der Waals surface area contributed by atoms with Gasteiger partial charge in [0, 0.05) is 22.6 Å². The third kappa shape index (κ3) is 6.65. The van der Waals surface area contributed by atoms with Crippen molar-refractivity contribution >= 4 is 39.8 Å². The van der Waals surface area contributed by atoms with E-state index in [1.165, 1.54) is 11.3 Å². The molecule has 2 aromatic rings. The Morgan fingerprint density at radius 3 is 2.80 bits per heavy atom. The number of benzene rings is 1. The molecule has 2 rings (SSSR count). The van der Waals surface area contributed by atoms with Crippen LogP contribution in [0.5, 0.6) is 0 Å². The van der Waals surface area contributed by atoms with Gasteiger partial charge in [0.1, 0.15) is 0 Å². The molecule has 0 saturated heterocycles. The summed E-state index contributed by atoms with van der Waals surface area (Å²) in [6.45, 7) is 8.17. The van der Waals surface area contributed by atoms with Crippen molar-refractivity contribution in [2.75, 3.05) is 24.2 Å². The van der Waals surface area contributed by atoms with E-state index in [1.54, 1.807) is 6.07 Å². The summed E-state index contributed by atoms with van der Waals surface area (Å²) in [5, 5.41) is 8.71. The van der Waals surface area contributed by atoms with E-state index in [4.69, 9.17) is 11.6 Å². The van der Waals surface area contributed by atoms with Crippen LogP contribution in [0, 0.1) is 12.8 Å². The van der Waals surface area contributed by atoms with Crippen LogP contribution in [0.1, 0.15) is 31.5 Å². The summed E-state index contributed by atoms with van der Waals surface area (Å²) in [6.07, 6.45) is 1.16. The number of nitrogens with one attached hydrogen (secondary N) is 2. The summed E-state index contributed by atoms with van der Waals surface area (Å²) in [5.41, 5.74) is 2.59. The minimum absolute atomic E-state index is 0.325. The highest BCUT2D eigenvalue weighted by atomic mass is 35.5. The number of thiazole rings is 1. The van der Waals surface area contributed by atoms with Crippen molar-refractivity contribution in [1.29, 1.82) is 0 Å². The van der Waals surface area contributed by atoms with Gasteiger partial charge in [-0.2, -0.15) is 0 Å². The second kappa shape index (κ2) is 9.17. The SMILES string of the molecule is Cc1ccc(NC(=O)Nc2nc(CN(C)CCC(C)C)cs2)cc1Cl. The van der Waals surface area contributed by atoms with Gasteiger partial charge in [0.05, 0.1) is 5.69 Å². The van der Waals surface area contributed by atoms with Gasteiger partial charge in [0.25, 0.3) is 0 Å². The Kier molecular flexibility index (Phi) is 7.23. The van der Waals surface area contributed by atoms with Gasteiger partial charge < -0.3 is 10.2 Å². The molecule has 0 spiro atoms. The number of nitrogens with zero attached hydrogens (tertiary/aromatic N) is 2. The van der Waals surface area contributed by atoms with Gasteiger partial charge in [0.2, 0.25) is 0 Å². The third-order valence-corrected chi connectivity index (χ3v) is 4.94. The lowest BCUT2D eigenvalue weighted by Crippen LogP contribution is -2.21. The molecule has 0 aliphatic rings. The number of halogens is 1. The maximum absolute atomic E-state index is 12.1. The molecule has 0 fully saturated rings. The van der Waals surface area contributed by atoms with Crippen molar-refractivity contribution in [3.8, 4) is 0 Å². The number of anilines is 2. The zero-order valence-corrected chi connectivity index (χ0v) is 16.7. The molecule has 0 bridgehead atoms. The average molecular weight is 381 g/mol. The Morgan fingerprint density at radius 2 is 2.12 bits per heavy atom. The number of rotatable bonds is 7. The van der Waals surface area contributed by atoms with Gasteiger partial charge in [-0.15, -0.1) is 11.3 Å². The van der Waals surface area contributed by atoms with Crippen LogP contribution < -0.4 is 10.6 Å². The lowest BCUT2D eigenvalue weighted by Gasteiger charge is -2.16. The van der Waals surface area contributed by atoms with Crippen LogP contribution >= 0.6 is 22.9 Å². The van der Waals surface area contributed by atoms with E-state index >= 15 is 0 Å². The summed E-state index contributed by atoms with van der Waals surface area (Å²) in [4.78, 5) is 18.8. The fourth-order valence-electron chi connectivity index (χ4n) is 2.20. The normalized spacial score (nSPS) is 11.2. The van der Waals surface area contributed by atoms with Crippen molar-refractivity contribution < 1.29 is 4.79 Å². The molecule has 0 aliphatic heterocycles. The Bertz CT molecular complexity index is 717. The molecule has 1 aromatic heterocycles. The highest BCUT2D eigenvalue weighted by Gasteiger charge is 2.09. The Morgan fingerprint density at radius 1 is 1.36 bits per heavy atom. The molecule has 0 aliphatic carbocycles. The van der Waals surface area contributed by atoms with Gasteiger partial charge in [-0.25, -0.2) is 9.78 Å². The lowest BCUT2D eigenvalue weighted by atomic mass is 10.1. The van der Waals surface area contributed by atoms with E-state index < -0.39 is 0 Å². The summed E-state index contributed by atoms with van der Waals surface area (Å²) in [5.74, 6) is 0.689.